The SMILES string of the molecule is C=CCCN(CCC=C)SI. The summed E-state index contributed by atoms with van der Waals surface area (Å²) in [5.74, 6) is 0. The quantitative estimate of drug-likeness (QED) is 0.400. The zero-order valence-corrected chi connectivity index (χ0v) is 9.60. The predicted molar refractivity (Wildman–Crippen MR) is 62.8 cm³/mol. The molecule has 3 heteroatoms. The molecule has 0 radical (unpaired) electrons. The number of rotatable bonds is 7. The molecule has 0 aliphatic rings. The molecule has 0 aromatic rings. The van der Waals surface area contributed by atoms with E-state index in [1.807, 2.05) is 12.2 Å². The highest BCUT2D eigenvalue weighted by molar-refractivity contribution is 14.2. The summed E-state index contributed by atoms with van der Waals surface area (Å²) in [6, 6.07) is 0. The van der Waals surface area contributed by atoms with E-state index in [1.54, 1.807) is 9.12 Å². The van der Waals surface area contributed by atoms with Gasteiger partial charge in [0, 0.05) is 34.3 Å². The summed E-state index contributed by atoms with van der Waals surface area (Å²) < 4.78 is 2.31. The highest BCUT2D eigenvalue weighted by Gasteiger charge is 1.99. The smallest absolute Gasteiger partial charge is 0.0146 e. The second-order valence-corrected chi connectivity index (χ2v) is 3.99. The van der Waals surface area contributed by atoms with Gasteiger partial charge in [0.1, 0.15) is 0 Å². The average Bonchev–Trinajstić information content (AvgIpc) is 2.05. The molecule has 0 fully saturated rings. The monoisotopic (exact) mass is 283 g/mol. The average molecular weight is 283 g/mol. The van der Waals surface area contributed by atoms with Crippen LogP contribution in [0, 0.1) is 0 Å². The van der Waals surface area contributed by atoms with Crippen LogP contribution in [0.15, 0.2) is 25.3 Å². The first-order chi connectivity index (χ1) is 5.35. The van der Waals surface area contributed by atoms with E-state index >= 15 is 0 Å². The molecule has 0 bridgehead atoms. The molecule has 64 valence electrons. The Hall–Kier alpha value is 0.520. The van der Waals surface area contributed by atoms with E-state index in [0.717, 1.165) is 25.9 Å². The molecule has 1 nitrogen and oxygen atoms in total. The maximum Gasteiger partial charge on any atom is 0.0146 e. The molecule has 0 rings (SSSR count). The van der Waals surface area contributed by atoms with Crippen molar-refractivity contribution in [3.63, 3.8) is 0 Å². The van der Waals surface area contributed by atoms with E-state index in [4.69, 9.17) is 0 Å². The van der Waals surface area contributed by atoms with Crippen molar-refractivity contribution in [2.45, 2.75) is 12.8 Å². The third kappa shape index (κ3) is 6.90. The second kappa shape index (κ2) is 8.62. The van der Waals surface area contributed by atoms with Crippen LogP contribution in [-0.2, 0) is 0 Å². The van der Waals surface area contributed by atoms with Gasteiger partial charge in [-0.1, -0.05) is 12.2 Å². The fraction of sp³-hybridized carbons (Fsp3) is 0.500. The second-order valence-electron chi connectivity index (χ2n) is 2.15. The van der Waals surface area contributed by atoms with Gasteiger partial charge in [-0.2, -0.15) is 0 Å². The highest BCUT2D eigenvalue weighted by Crippen LogP contribution is 2.18. The molecule has 0 heterocycles. The van der Waals surface area contributed by atoms with Crippen molar-refractivity contribution in [3.05, 3.63) is 25.3 Å². The summed E-state index contributed by atoms with van der Waals surface area (Å²) in [5.41, 5.74) is 0. The van der Waals surface area contributed by atoms with Gasteiger partial charge < -0.3 is 0 Å². The largest absolute Gasteiger partial charge is 0.241 e. The van der Waals surface area contributed by atoms with Gasteiger partial charge in [0.2, 0.25) is 0 Å². The molecule has 0 aliphatic carbocycles. The first-order valence-corrected chi connectivity index (χ1v) is 6.92. The van der Waals surface area contributed by atoms with Gasteiger partial charge in [-0.15, -0.1) is 13.2 Å². The Morgan fingerprint density at radius 2 is 1.64 bits per heavy atom. The standard InChI is InChI=1S/C8H14INS/c1-3-5-7-10(11-9)8-6-4-2/h3-4H,1-2,5-8H2. The maximum atomic E-state index is 3.69. The molecule has 0 unspecified atom stereocenters. The minimum Gasteiger partial charge on any atom is -0.241 e. The first-order valence-electron chi connectivity index (χ1n) is 3.60. The molecular weight excluding hydrogens is 269 g/mol. The van der Waals surface area contributed by atoms with Crippen molar-refractivity contribution in [2.75, 3.05) is 13.1 Å². The van der Waals surface area contributed by atoms with Gasteiger partial charge in [0.15, 0.2) is 0 Å². The third-order valence-electron chi connectivity index (χ3n) is 1.26. The van der Waals surface area contributed by atoms with E-state index in [1.165, 1.54) is 0 Å². The van der Waals surface area contributed by atoms with Crippen LogP contribution in [0.25, 0.3) is 0 Å². The van der Waals surface area contributed by atoms with E-state index in [-0.39, 0.29) is 0 Å². The fourth-order valence-electron chi connectivity index (χ4n) is 0.651. The normalized spacial score (nSPS) is 10.0. The van der Waals surface area contributed by atoms with Crippen molar-refractivity contribution in [1.29, 1.82) is 0 Å². The van der Waals surface area contributed by atoms with Crippen molar-refractivity contribution in [2.24, 2.45) is 0 Å². The highest BCUT2D eigenvalue weighted by atomic mass is 127. The predicted octanol–water partition coefficient (Wildman–Crippen LogP) is 3.44. The molecule has 0 spiro atoms. The molecule has 0 saturated heterocycles. The summed E-state index contributed by atoms with van der Waals surface area (Å²) in [7, 11) is 1.76. The Kier molecular flexibility index (Phi) is 9.02. The maximum absolute atomic E-state index is 3.69. The zero-order chi connectivity index (χ0) is 8.53. The van der Waals surface area contributed by atoms with Gasteiger partial charge in [-0.05, 0) is 22.0 Å². The summed E-state index contributed by atoms with van der Waals surface area (Å²) in [6.45, 7) is 9.55. The van der Waals surface area contributed by atoms with Crippen LogP contribution in [0.2, 0.25) is 0 Å². The number of nitrogens with zero attached hydrogens (tertiary/aromatic N) is 1. The van der Waals surface area contributed by atoms with Crippen molar-refractivity contribution >= 4 is 30.3 Å². The van der Waals surface area contributed by atoms with E-state index in [9.17, 15) is 0 Å². The lowest BCUT2D eigenvalue weighted by atomic mass is 10.4. The lowest BCUT2D eigenvalue weighted by Gasteiger charge is -2.15. The van der Waals surface area contributed by atoms with Crippen LogP contribution in [-0.4, -0.2) is 17.4 Å². The number of hydrogen-bond acceptors (Lipinski definition) is 2. The third-order valence-corrected chi connectivity index (χ3v) is 3.49. The Morgan fingerprint density at radius 3 is 1.91 bits per heavy atom. The van der Waals surface area contributed by atoms with Crippen LogP contribution in [0.3, 0.4) is 0 Å². The molecule has 0 amide bonds. The molecule has 0 N–H and O–H groups in total. The van der Waals surface area contributed by atoms with Gasteiger partial charge in [0.05, 0.1) is 0 Å². The Bertz CT molecular complexity index is 105. The van der Waals surface area contributed by atoms with Gasteiger partial charge in [0.25, 0.3) is 0 Å². The van der Waals surface area contributed by atoms with E-state index in [0.29, 0.717) is 0 Å². The molecule has 0 saturated carbocycles. The Balaban J connectivity index is 3.39. The molecule has 0 aromatic heterocycles. The zero-order valence-electron chi connectivity index (χ0n) is 6.63. The topological polar surface area (TPSA) is 3.24 Å². The Labute approximate surface area is 85.6 Å². The van der Waals surface area contributed by atoms with E-state index in [2.05, 4.69) is 38.7 Å². The lowest BCUT2D eigenvalue weighted by Crippen LogP contribution is -2.15. The van der Waals surface area contributed by atoms with Gasteiger partial charge in [-0.25, -0.2) is 4.31 Å². The molecule has 0 atom stereocenters. The first kappa shape index (κ1) is 11.5. The number of hydrogen-bond donors (Lipinski definition) is 0. The van der Waals surface area contributed by atoms with Gasteiger partial charge >= 0.3 is 0 Å². The van der Waals surface area contributed by atoms with Crippen LogP contribution < -0.4 is 0 Å². The molecular formula is C8H14INS. The molecule has 0 aromatic carbocycles. The van der Waals surface area contributed by atoms with Crippen LogP contribution >= 0.6 is 30.3 Å². The van der Waals surface area contributed by atoms with Crippen LogP contribution in [0.1, 0.15) is 12.8 Å². The fourth-order valence-corrected chi connectivity index (χ4v) is 2.18. The summed E-state index contributed by atoms with van der Waals surface area (Å²) in [5, 5.41) is 0. The molecule has 0 aliphatic heterocycles. The Morgan fingerprint density at radius 1 is 1.18 bits per heavy atom. The van der Waals surface area contributed by atoms with Crippen LogP contribution in [0.5, 0.6) is 0 Å². The lowest BCUT2D eigenvalue weighted by molar-refractivity contribution is 0.492. The minimum atomic E-state index is 1.06. The number of halogens is 1. The van der Waals surface area contributed by atoms with Gasteiger partial charge in [-0.3, -0.25) is 0 Å². The molecule has 11 heavy (non-hydrogen) atoms. The van der Waals surface area contributed by atoms with Crippen LogP contribution in [0.4, 0.5) is 0 Å². The van der Waals surface area contributed by atoms with Crippen molar-refractivity contribution in [1.82, 2.24) is 4.31 Å². The summed E-state index contributed by atoms with van der Waals surface area (Å²) >= 11 is 2.30. The van der Waals surface area contributed by atoms with Crippen molar-refractivity contribution in [3.8, 4) is 0 Å². The minimum absolute atomic E-state index is 1.06. The summed E-state index contributed by atoms with van der Waals surface area (Å²) in [6.07, 6.45) is 6.03. The van der Waals surface area contributed by atoms with Crippen molar-refractivity contribution < 1.29 is 0 Å². The van der Waals surface area contributed by atoms with E-state index < -0.39 is 0 Å². The summed E-state index contributed by atoms with van der Waals surface area (Å²) in [4.78, 5) is 0.